The van der Waals surface area contributed by atoms with Crippen molar-refractivity contribution in [3.05, 3.63) is 0 Å². The van der Waals surface area contributed by atoms with E-state index in [9.17, 15) is 0 Å². The van der Waals surface area contributed by atoms with Crippen molar-refractivity contribution in [2.24, 2.45) is 5.41 Å². The molecule has 0 radical (unpaired) electrons. The Kier molecular flexibility index (Phi) is 6.94. The third-order valence-electron chi connectivity index (χ3n) is 2.66. The minimum Gasteiger partial charge on any atom is -0.312 e. The summed E-state index contributed by atoms with van der Waals surface area (Å²) in [4.78, 5) is 0. The largest absolute Gasteiger partial charge is 0.312 e. The molecule has 92 valence electrons. The van der Waals surface area contributed by atoms with Gasteiger partial charge in [-0.3, -0.25) is 0 Å². The van der Waals surface area contributed by atoms with Gasteiger partial charge in [-0.1, -0.05) is 13.8 Å². The summed E-state index contributed by atoms with van der Waals surface area (Å²) in [5.74, 6) is 1.30. The van der Waals surface area contributed by atoms with Gasteiger partial charge in [0.15, 0.2) is 0 Å². The average Bonchev–Trinajstić information content (AvgIpc) is 2.01. The van der Waals surface area contributed by atoms with Crippen LogP contribution >= 0.6 is 11.8 Å². The van der Waals surface area contributed by atoms with Crippen LogP contribution in [0.2, 0.25) is 0 Å². The number of hydrogen-bond donors (Lipinski definition) is 1. The molecule has 0 unspecified atom stereocenters. The van der Waals surface area contributed by atoms with E-state index >= 15 is 0 Å². The van der Waals surface area contributed by atoms with Crippen molar-refractivity contribution in [2.45, 2.75) is 59.4 Å². The lowest BCUT2D eigenvalue weighted by atomic mass is 9.84. The van der Waals surface area contributed by atoms with Crippen molar-refractivity contribution in [2.75, 3.05) is 18.6 Å². The average molecular weight is 231 g/mol. The predicted molar refractivity (Wildman–Crippen MR) is 73.8 cm³/mol. The Bertz CT molecular complexity index is 158. The molecule has 0 fully saturated rings. The highest BCUT2D eigenvalue weighted by Gasteiger charge is 2.18. The normalized spacial score (nSPS) is 13.2. The topological polar surface area (TPSA) is 12.0 Å². The van der Waals surface area contributed by atoms with Crippen LogP contribution in [0, 0.1) is 5.41 Å². The molecule has 0 rings (SSSR count). The van der Waals surface area contributed by atoms with Gasteiger partial charge in [-0.05, 0) is 64.0 Å². The molecule has 0 bridgehead atoms. The van der Waals surface area contributed by atoms with Crippen molar-refractivity contribution in [3.8, 4) is 0 Å². The second kappa shape index (κ2) is 6.80. The van der Waals surface area contributed by atoms with E-state index in [-0.39, 0.29) is 5.54 Å². The van der Waals surface area contributed by atoms with E-state index in [2.05, 4.69) is 46.2 Å². The molecule has 2 heteroatoms. The van der Waals surface area contributed by atoms with Crippen LogP contribution in [0.1, 0.15) is 53.9 Å². The summed E-state index contributed by atoms with van der Waals surface area (Å²) in [6.07, 6.45) is 6.16. The van der Waals surface area contributed by atoms with E-state index in [1.165, 1.54) is 25.0 Å². The lowest BCUT2D eigenvalue weighted by molar-refractivity contribution is 0.282. The van der Waals surface area contributed by atoms with Gasteiger partial charge >= 0.3 is 0 Å². The minimum atomic E-state index is 0.259. The first kappa shape index (κ1) is 15.3. The lowest BCUT2D eigenvalue weighted by Gasteiger charge is -2.28. The summed E-state index contributed by atoms with van der Waals surface area (Å²) in [5.41, 5.74) is 0.753. The molecule has 1 nitrogen and oxygen atoms in total. The fraction of sp³-hybridized carbons (Fsp3) is 1.00. The van der Waals surface area contributed by atoms with Crippen LogP contribution in [0.4, 0.5) is 0 Å². The van der Waals surface area contributed by atoms with Gasteiger partial charge in [0, 0.05) is 5.54 Å². The zero-order valence-corrected chi connectivity index (χ0v) is 12.3. The molecule has 0 aliphatic carbocycles. The van der Waals surface area contributed by atoms with Gasteiger partial charge in [0.05, 0.1) is 0 Å². The lowest BCUT2D eigenvalue weighted by Crippen LogP contribution is -2.37. The summed E-state index contributed by atoms with van der Waals surface area (Å²) in [7, 11) is 0. The van der Waals surface area contributed by atoms with Crippen molar-refractivity contribution < 1.29 is 0 Å². The zero-order chi connectivity index (χ0) is 11.9. The highest BCUT2D eigenvalue weighted by molar-refractivity contribution is 7.98. The third kappa shape index (κ3) is 10.6. The van der Waals surface area contributed by atoms with E-state index in [1.807, 2.05) is 11.8 Å². The molecule has 0 aliphatic heterocycles. The summed E-state index contributed by atoms with van der Waals surface area (Å²) >= 11 is 1.95. The Morgan fingerprint density at radius 3 is 2.07 bits per heavy atom. The molecule has 0 aliphatic rings. The molecule has 0 saturated carbocycles. The van der Waals surface area contributed by atoms with E-state index < -0.39 is 0 Å². The highest BCUT2D eigenvalue weighted by atomic mass is 32.2. The van der Waals surface area contributed by atoms with Crippen molar-refractivity contribution in [1.82, 2.24) is 5.32 Å². The maximum Gasteiger partial charge on any atom is 0.00965 e. The SMILES string of the molecule is CSCCCC(C)(C)CCNC(C)(C)C. The van der Waals surface area contributed by atoms with Crippen LogP contribution in [-0.2, 0) is 0 Å². The van der Waals surface area contributed by atoms with Gasteiger partial charge < -0.3 is 5.32 Å². The molecule has 15 heavy (non-hydrogen) atoms. The first-order valence-electron chi connectivity index (χ1n) is 6.01. The van der Waals surface area contributed by atoms with Crippen LogP contribution in [-0.4, -0.2) is 24.1 Å². The minimum absolute atomic E-state index is 0.259. The van der Waals surface area contributed by atoms with Crippen molar-refractivity contribution >= 4 is 11.8 Å². The third-order valence-corrected chi connectivity index (χ3v) is 3.36. The molecule has 0 atom stereocenters. The first-order chi connectivity index (χ1) is 6.77. The number of hydrogen-bond acceptors (Lipinski definition) is 2. The van der Waals surface area contributed by atoms with Gasteiger partial charge in [0.1, 0.15) is 0 Å². The Labute approximate surface area is 101 Å². The molecule has 0 spiro atoms. The van der Waals surface area contributed by atoms with Gasteiger partial charge in [0.25, 0.3) is 0 Å². The Morgan fingerprint density at radius 2 is 1.60 bits per heavy atom. The van der Waals surface area contributed by atoms with Gasteiger partial charge in [-0.2, -0.15) is 11.8 Å². The quantitative estimate of drug-likeness (QED) is 0.666. The molecule has 0 aromatic rings. The maximum absolute atomic E-state index is 3.56. The highest BCUT2D eigenvalue weighted by Crippen LogP contribution is 2.27. The smallest absolute Gasteiger partial charge is 0.00965 e. The van der Waals surface area contributed by atoms with E-state index in [0.717, 1.165) is 6.54 Å². The predicted octanol–water partition coefficient (Wildman–Crippen LogP) is 3.93. The van der Waals surface area contributed by atoms with Crippen molar-refractivity contribution in [3.63, 3.8) is 0 Å². The molecule has 0 heterocycles. The molecular formula is C13H29NS. The van der Waals surface area contributed by atoms with Crippen molar-refractivity contribution in [1.29, 1.82) is 0 Å². The van der Waals surface area contributed by atoms with Gasteiger partial charge in [0.2, 0.25) is 0 Å². The summed E-state index contributed by atoms with van der Waals surface area (Å²) in [6, 6.07) is 0. The van der Waals surface area contributed by atoms with Crippen LogP contribution in [0.5, 0.6) is 0 Å². The Hall–Kier alpha value is 0.310. The zero-order valence-electron chi connectivity index (χ0n) is 11.4. The maximum atomic E-state index is 3.56. The summed E-state index contributed by atoms with van der Waals surface area (Å²) < 4.78 is 0. The Morgan fingerprint density at radius 1 is 1.00 bits per heavy atom. The fourth-order valence-electron chi connectivity index (χ4n) is 1.60. The Balaban J connectivity index is 3.64. The van der Waals surface area contributed by atoms with Crippen LogP contribution in [0.15, 0.2) is 0 Å². The molecule has 1 N–H and O–H groups in total. The van der Waals surface area contributed by atoms with Crippen LogP contribution in [0.3, 0.4) is 0 Å². The van der Waals surface area contributed by atoms with Crippen LogP contribution < -0.4 is 5.32 Å². The molecule has 0 amide bonds. The second-order valence-electron chi connectivity index (χ2n) is 6.19. The summed E-state index contributed by atoms with van der Waals surface area (Å²) in [6.45, 7) is 12.6. The molecule has 0 aromatic carbocycles. The van der Waals surface area contributed by atoms with Crippen LogP contribution in [0.25, 0.3) is 0 Å². The van der Waals surface area contributed by atoms with E-state index in [0.29, 0.717) is 5.41 Å². The number of thioether (sulfide) groups is 1. The number of nitrogens with one attached hydrogen (secondary N) is 1. The van der Waals surface area contributed by atoms with Gasteiger partial charge in [-0.15, -0.1) is 0 Å². The fourth-order valence-corrected chi connectivity index (χ4v) is 2.03. The van der Waals surface area contributed by atoms with Gasteiger partial charge in [-0.25, -0.2) is 0 Å². The molecular weight excluding hydrogens is 202 g/mol. The number of rotatable bonds is 7. The first-order valence-corrected chi connectivity index (χ1v) is 7.40. The van der Waals surface area contributed by atoms with E-state index in [4.69, 9.17) is 0 Å². The van der Waals surface area contributed by atoms with E-state index in [1.54, 1.807) is 0 Å². The monoisotopic (exact) mass is 231 g/mol. The molecule has 0 saturated heterocycles. The second-order valence-corrected chi connectivity index (χ2v) is 7.17. The molecule has 0 aromatic heterocycles. The standard InChI is InChI=1S/C13H29NS/c1-12(2,3)14-10-9-13(4,5)8-7-11-15-6/h14H,7-11H2,1-6H3. The summed E-state index contributed by atoms with van der Waals surface area (Å²) in [5, 5.41) is 3.56.